The lowest BCUT2D eigenvalue weighted by atomic mass is 10.4. The standard InChI is InChI=1S/C8H17NO3/c1-3-10-7-6-12-8(5-9-7)11-4-2/h7-9H,3-6H2,1-2H3. The predicted octanol–water partition coefficient (Wildman–Crippen LogP) is 0.331. The second-order valence-corrected chi connectivity index (χ2v) is 2.57. The topological polar surface area (TPSA) is 39.7 Å². The molecule has 0 saturated carbocycles. The maximum Gasteiger partial charge on any atom is 0.170 e. The lowest BCUT2D eigenvalue weighted by Gasteiger charge is -2.29. The fourth-order valence-corrected chi connectivity index (χ4v) is 1.14. The summed E-state index contributed by atoms with van der Waals surface area (Å²) in [5.41, 5.74) is 0. The molecule has 1 heterocycles. The van der Waals surface area contributed by atoms with Crippen LogP contribution < -0.4 is 5.32 Å². The fraction of sp³-hybridized carbons (Fsp3) is 1.00. The lowest BCUT2D eigenvalue weighted by Crippen LogP contribution is -2.48. The van der Waals surface area contributed by atoms with Crippen LogP contribution in [0.1, 0.15) is 13.8 Å². The van der Waals surface area contributed by atoms with E-state index in [2.05, 4.69) is 5.32 Å². The van der Waals surface area contributed by atoms with Gasteiger partial charge < -0.3 is 14.2 Å². The van der Waals surface area contributed by atoms with Crippen LogP contribution in [0.2, 0.25) is 0 Å². The summed E-state index contributed by atoms with van der Waals surface area (Å²) in [6.45, 7) is 6.59. The van der Waals surface area contributed by atoms with Crippen molar-refractivity contribution in [2.45, 2.75) is 26.4 Å². The van der Waals surface area contributed by atoms with Crippen molar-refractivity contribution in [2.75, 3.05) is 26.4 Å². The van der Waals surface area contributed by atoms with Crippen molar-refractivity contribution in [3.05, 3.63) is 0 Å². The molecule has 4 heteroatoms. The predicted molar refractivity (Wildman–Crippen MR) is 44.8 cm³/mol. The molecule has 0 aromatic heterocycles. The van der Waals surface area contributed by atoms with E-state index in [1.165, 1.54) is 0 Å². The highest BCUT2D eigenvalue weighted by Crippen LogP contribution is 2.03. The van der Waals surface area contributed by atoms with Gasteiger partial charge >= 0.3 is 0 Å². The average molecular weight is 175 g/mol. The summed E-state index contributed by atoms with van der Waals surface area (Å²) in [6, 6.07) is 0. The Bertz CT molecular complexity index is 98.9. The molecule has 72 valence electrons. The van der Waals surface area contributed by atoms with Crippen LogP contribution in [0.5, 0.6) is 0 Å². The molecule has 12 heavy (non-hydrogen) atoms. The molecule has 1 aliphatic heterocycles. The van der Waals surface area contributed by atoms with E-state index in [1.54, 1.807) is 0 Å². The third-order valence-corrected chi connectivity index (χ3v) is 1.67. The summed E-state index contributed by atoms with van der Waals surface area (Å²) in [6.07, 6.45) is -0.0709. The van der Waals surface area contributed by atoms with Gasteiger partial charge in [-0.15, -0.1) is 0 Å². The van der Waals surface area contributed by atoms with Gasteiger partial charge in [-0.1, -0.05) is 0 Å². The zero-order chi connectivity index (χ0) is 8.81. The Hall–Kier alpha value is -0.160. The molecule has 2 atom stereocenters. The van der Waals surface area contributed by atoms with Crippen molar-refractivity contribution in [1.29, 1.82) is 0 Å². The van der Waals surface area contributed by atoms with Crippen LogP contribution in [-0.2, 0) is 14.2 Å². The highest BCUT2D eigenvalue weighted by Gasteiger charge is 2.20. The Balaban J connectivity index is 2.11. The first-order valence-corrected chi connectivity index (χ1v) is 4.45. The Labute approximate surface area is 73.2 Å². The number of morpholine rings is 1. The molecule has 1 saturated heterocycles. The first kappa shape index (κ1) is 9.92. The normalized spacial score (nSPS) is 30.5. The van der Waals surface area contributed by atoms with Gasteiger partial charge in [-0.3, -0.25) is 5.32 Å². The van der Waals surface area contributed by atoms with Gasteiger partial charge in [-0.25, -0.2) is 0 Å². The van der Waals surface area contributed by atoms with E-state index in [0.29, 0.717) is 26.4 Å². The van der Waals surface area contributed by atoms with Crippen LogP contribution in [0.4, 0.5) is 0 Å². The Kier molecular flexibility index (Phi) is 4.53. The van der Waals surface area contributed by atoms with Crippen LogP contribution in [-0.4, -0.2) is 38.9 Å². The Morgan fingerprint density at radius 3 is 2.58 bits per heavy atom. The van der Waals surface area contributed by atoms with Gasteiger partial charge in [0, 0.05) is 19.8 Å². The highest BCUT2D eigenvalue weighted by molar-refractivity contribution is 4.63. The Morgan fingerprint density at radius 1 is 1.33 bits per heavy atom. The van der Waals surface area contributed by atoms with Gasteiger partial charge in [-0.2, -0.15) is 0 Å². The molecule has 4 nitrogen and oxygen atoms in total. The monoisotopic (exact) mass is 175 g/mol. The van der Waals surface area contributed by atoms with Crippen LogP contribution >= 0.6 is 0 Å². The number of ether oxygens (including phenoxy) is 3. The number of rotatable bonds is 4. The molecule has 0 aromatic rings. The average Bonchev–Trinajstić information content (AvgIpc) is 2.09. The maximum absolute atomic E-state index is 5.37. The molecule has 0 amide bonds. The Morgan fingerprint density at radius 2 is 2.08 bits per heavy atom. The molecule has 0 aromatic carbocycles. The molecule has 0 bridgehead atoms. The van der Waals surface area contributed by atoms with Crippen LogP contribution in [0.25, 0.3) is 0 Å². The van der Waals surface area contributed by atoms with Gasteiger partial charge in [0.15, 0.2) is 6.29 Å². The van der Waals surface area contributed by atoms with Crippen molar-refractivity contribution in [1.82, 2.24) is 5.32 Å². The van der Waals surface area contributed by atoms with E-state index in [0.717, 1.165) is 0 Å². The van der Waals surface area contributed by atoms with Crippen molar-refractivity contribution in [3.63, 3.8) is 0 Å². The summed E-state index contributed by atoms with van der Waals surface area (Å²) in [7, 11) is 0. The summed E-state index contributed by atoms with van der Waals surface area (Å²) < 4.78 is 16.0. The molecular formula is C8H17NO3. The zero-order valence-electron chi connectivity index (χ0n) is 7.71. The molecule has 0 aliphatic carbocycles. The summed E-state index contributed by atoms with van der Waals surface area (Å²) in [5, 5.41) is 3.18. The minimum absolute atomic E-state index is 0.0340. The largest absolute Gasteiger partial charge is 0.361 e. The van der Waals surface area contributed by atoms with Gasteiger partial charge in [0.2, 0.25) is 0 Å². The van der Waals surface area contributed by atoms with Crippen molar-refractivity contribution in [3.8, 4) is 0 Å². The summed E-state index contributed by atoms with van der Waals surface area (Å²) in [4.78, 5) is 0. The quantitative estimate of drug-likeness (QED) is 0.668. The van der Waals surface area contributed by atoms with E-state index in [-0.39, 0.29) is 12.5 Å². The first-order chi connectivity index (χ1) is 5.86. The minimum Gasteiger partial charge on any atom is -0.361 e. The second-order valence-electron chi connectivity index (χ2n) is 2.57. The van der Waals surface area contributed by atoms with E-state index in [1.807, 2.05) is 13.8 Å². The first-order valence-electron chi connectivity index (χ1n) is 4.45. The third kappa shape index (κ3) is 3.06. The van der Waals surface area contributed by atoms with Crippen molar-refractivity contribution in [2.24, 2.45) is 0 Å². The summed E-state index contributed by atoms with van der Waals surface area (Å²) in [5.74, 6) is 0. The molecule has 1 fully saturated rings. The second kappa shape index (κ2) is 5.48. The molecule has 2 unspecified atom stereocenters. The van der Waals surface area contributed by atoms with Crippen LogP contribution in [0, 0.1) is 0 Å². The lowest BCUT2D eigenvalue weighted by molar-refractivity contribution is -0.191. The molecular weight excluding hydrogens is 158 g/mol. The van der Waals surface area contributed by atoms with Gasteiger partial charge in [-0.05, 0) is 13.8 Å². The van der Waals surface area contributed by atoms with Crippen LogP contribution in [0.3, 0.4) is 0 Å². The fourth-order valence-electron chi connectivity index (χ4n) is 1.14. The molecule has 1 N–H and O–H groups in total. The third-order valence-electron chi connectivity index (χ3n) is 1.67. The molecule has 1 aliphatic rings. The minimum atomic E-state index is -0.105. The van der Waals surface area contributed by atoms with Crippen molar-refractivity contribution >= 4 is 0 Å². The number of nitrogens with one attached hydrogen (secondary N) is 1. The highest BCUT2D eigenvalue weighted by atomic mass is 16.7. The zero-order valence-corrected chi connectivity index (χ0v) is 7.71. The number of hydrogen-bond donors (Lipinski definition) is 1. The molecule has 0 radical (unpaired) electrons. The van der Waals surface area contributed by atoms with Crippen molar-refractivity contribution < 1.29 is 14.2 Å². The maximum atomic E-state index is 5.37. The van der Waals surface area contributed by atoms with E-state index < -0.39 is 0 Å². The van der Waals surface area contributed by atoms with Gasteiger partial charge in [0.25, 0.3) is 0 Å². The number of hydrogen-bond acceptors (Lipinski definition) is 4. The van der Waals surface area contributed by atoms with E-state index >= 15 is 0 Å². The van der Waals surface area contributed by atoms with E-state index in [4.69, 9.17) is 14.2 Å². The van der Waals surface area contributed by atoms with Gasteiger partial charge in [0.1, 0.15) is 6.23 Å². The van der Waals surface area contributed by atoms with E-state index in [9.17, 15) is 0 Å². The molecule has 1 rings (SSSR count). The van der Waals surface area contributed by atoms with Crippen LogP contribution in [0.15, 0.2) is 0 Å². The molecule has 0 spiro atoms. The SMILES string of the molecule is CCOC1COC(OCC)CN1. The van der Waals surface area contributed by atoms with Gasteiger partial charge in [0.05, 0.1) is 6.61 Å². The summed E-state index contributed by atoms with van der Waals surface area (Å²) >= 11 is 0. The smallest absolute Gasteiger partial charge is 0.170 e.